The van der Waals surface area contributed by atoms with Crippen molar-refractivity contribution in [3.63, 3.8) is 0 Å². The van der Waals surface area contributed by atoms with Gasteiger partial charge in [0.1, 0.15) is 5.76 Å². The molecule has 0 aliphatic carbocycles. The van der Waals surface area contributed by atoms with Gasteiger partial charge in [-0.05, 0) is 56.3 Å². The van der Waals surface area contributed by atoms with Crippen molar-refractivity contribution in [1.29, 1.82) is 0 Å². The van der Waals surface area contributed by atoms with Crippen LogP contribution in [0.1, 0.15) is 23.0 Å². The summed E-state index contributed by atoms with van der Waals surface area (Å²) in [5.41, 5.74) is 0.948. The first-order valence-electron chi connectivity index (χ1n) is 8.59. The van der Waals surface area contributed by atoms with Crippen LogP contribution < -0.4 is 10.6 Å². The van der Waals surface area contributed by atoms with Crippen molar-refractivity contribution in [3.05, 3.63) is 69.9 Å². The van der Waals surface area contributed by atoms with Gasteiger partial charge in [-0.2, -0.15) is 0 Å². The van der Waals surface area contributed by atoms with Crippen LogP contribution in [-0.4, -0.2) is 22.2 Å². The van der Waals surface area contributed by atoms with Crippen molar-refractivity contribution in [2.75, 3.05) is 10.6 Å². The fraction of sp³-hybridized carbons (Fsp3) is 0.150. The number of carbonyl (C=O) groups excluding carboxylic acids is 2. The van der Waals surface area contributed by atoms with E-state index in [0.717, 1.165) is 4.90 Å². The van der Waals surface area contributed by atoms with Gasteiger partial charge in [-0.15, -0.1) is 11.8 Å². The van der Waals surface area contributed by atoms with Gasteiger partial charge >= 0.3 is 0 Å². The molecular formula is C20H17Cl2N3O3S. The quantitative estimate of drug-likeness (QED) is 0.474. The lowest BCUT2D eigenvalue weighted by Crippen LogP contribution is -2.22. The zero-order chi connectivity index (χ0) is 21.0. The number of thioether (sulfide) groups is 1. The normalized spacial score (nSPS) is 11.7. The van der Waals surface area contributed by atoms with Crippen LogP contribution in [0.5, 0.6) is 0 Å². The summed E-state index contributed by atoms with van der Waals surface area (Å²) in [6.07, 6.45) is 0. The van der Waals surface area contributed by atoms with Gasteiger partial charge in [0.25, 0.3) is 5.91 Å². The molecule has 0 spiro atoms. The maximum absolute atomic E-state index is 12.4. The van der Waals surface area contributed by atoms with E-state index in [1.165, 1.54) is 17.8 Å². The smallest absolute Gasteiger partial charge is 0.257 e. The molecule has 0 radical (unpaired) electrons. The van der Waals surface area contributed by atoms with E-state index in [-0.39, 0.29) is 22.1 Å². The first-order valence-corrected chi connectivity index (χ1v) is 10.2. The van der Waals surface area contributed by atoms with Crippen molar-refractivity contribution in [2.45, 2.75) is 24.0 Å². The van der Waals surface area contributed by atoms with E-state index in [0.29, 0.717) is 27.9 Å². The second kappa shape index (κ2) is 9.35. The predicted octanol–water partition coefficient (Wildman–Crippen LogP) is 5.66. The second-order valence-corrected chi connectivity index (χ2v) is 8.43. The highest BCUT2D eigenvalue weighted by molar-refractivity contribution is 8.00. The van der Waals surface area contributed by atoms with Gasteiger partial charge in [-0.25, -0.2) is 0 Å². The molecule has 0 aliphatic rings. The summed E-state index contributed by atoms with van der Waals surface area (Å²) in [6, 6.07) is 13.5. The lowest BCUT2D eigenvalue weighted by atomic mass is 10.2. The number of amides is 2. The molecule has 2 N–H and O–H groups in total. The number of hydrogen-bond donors (Lipinski definition) is 2. The number of nitrogens with one attached hydrogen (secondary N) is 2. The third-order valence-corrected chi connectivity index (χ3v) is 5.51. The molecule has 0 saturated carbocycles. The summed E-state index contributed by atoms with van der Waals surface area (Å²) < 4.78 is 4.93. The number of carbonyl (C=O) groups is 2. The summed E-state index contributed by atoms with van der Waals surface area (Å²) in [5, 5.41) is 9.63. The Morgan fingerprint density at radius 3 is 2.41 bits per heavy atom. The van der Waals surface area contributed by atoms with E-state index in [4.69, 9.17) is 27.7 Å². The minimum absolute atomic E-state index is 0.182. The van der Waals surface area contributed by atoms with Gasteiger partial charge in [0.2, 0.25) is 5.91 Å². The molecular weight excluding hydrogens is 433 g/mol. The van der Waals surface area contributed by atoms with E-state index < -0.39 is 0 Å². The molecule has 0 aliphatic heterocycles. The summed E-state index contributed by atoms with van der Waals surface area (Å²) in [7, 11) is 0. The molecule has 29 heavy (non-hydrogen) atoms. The van der Waals surface area contributed by atoms with E-state index in [9.17, 15) is 9.59 Å². The Morgan fingerprint density at radius 2 is 1.79 bits per heavy atom. The highest BCUT2D eigenvalue weighted by Crippen LogP contribution is 2.26. The number of rotatable bonds is 6. The van der Waals surface area contributed by atoms with E-state index in [1.54, 1.807) is 44.2 Å². The highest BCUT2D eigenvalue weighted by atomic mass is 35.5. The van der Waals surface area contributed by atoms with Crippen LogP contribution in [-0.2, 0) is 4.79 Å². The Labute approximate surface area is 181 Å². The zero-order valence-corrected chi connectivity index (χ0v) is 17.9. The van der Waals surface area contributed by atoms with Gasteiger partial charge in [-0.3, -0.25) is 9.59 Å². The lowest BCUT2D eigenvalue weighted by molar-refractivity contribution is -0.115. The summed E-state index contributed by atoms with van der Waals surface area (Å²) >= 11 is 13.3. The molecule has 0 saturated heterocycles. The van der Waals surface area contributed by atoms with Crippen LogP contribution in [0.2, 0.25) is 10.0 Å². The second-order valence-electron chi connectivity index (χ2n) is 6.17. The average molecular weight is 450 g/mol. The van der Waals surface area contributed by atoms with Gasteiger partial charge in [-0.1, -0.05) is 28.4 Å². The van der Waals surface area contributed by atoms with Crippen LogP contribution in [0.15, 0.2) is 57.9 Å². The minimum atomic E-state index is -0.347. The van der Waals surface area contributed by atoms with Gasteiger partial charge in [0, 0.05) is 21.7 Å². The number of aromatic nitrogens is 1. The third-order valence-electron chi connectivity index (χ3n) is 3.85. The topological polar surface area (TPSA) is 84.2 Å². The number of benzene rings is 2. The number of anilines is 2. The first kappa shape index (κ1) is 21.2. The van der Waals surface area contributed by atoms with Crippen LogP contribution in [0.25, 0.3) is 0 Å². The lowest BCUT2D eigenvalue weighted by Gasteiger charge is -2.11. The molecule has 1 heterocycles. The molecule has 1 aromatic heterocycles. The maximum Gasteiger partial charge on any atom is 0.257 e. The minimum Gasteiger partial charge on any atom is -0.360 e. The molecule has 1 atom stereocenters. The van der Waals surface area contributed by atoms with E-state index in [1.807, 2.05) is 12.1 Å². The summed E-state index contributed by atoms with van der Waals surface area (Å²) in [4.78, 5) is 25.5. The molecule has 150 valence electrons. The molecule has 9 heteroatoms. The largest absolute Gasteiger partial charge is 0.360 e. The summed E-state index contributed by atoms with van der Waals surface area (Å²) in [5.74, 6) is 0.498. The number of nitrogens with zero attached hydrogens (tertiary/aromatic N) is 1. The Bertz CT molecular complexity index is 1040. The van der Waals surface area contributed by atoms with Crippen molar-refractivity contribution in [2.24, 2.45) is 0 Å². The van der Waals surface area contributed by atoms with Crippen molar-refractivity contribution in [1.82, 2.24) is 5.16 Å². The molecule has 6 nitrogen and oxygen atoms in total. The van der Waals surface area contributed by atoms with Gasteiger partial charge in [0.05, 0.1) is 15.8 Å². The van der Waals surface area contributed by atoms with E-state index >= 15 is 0 Å². The van der Waals surface area contributed by atoms with Crippen molar-refractivity contribution < 1.29 is 14.1 Å². The molecule has 2 aromatic carbocycles. The number of halogens is 2. The van der Waals surface area contributed by atoms with Crippen molar-refractivity contribution >= 4 is 58.3 Å². The number of aryl methyl sites for hydroxylation is 1. The molecule has 3 rings (SSSR count). The Balaban J connectivity index is 1.58. The fourth-order valence-corrected chi connectivity index (χ4v) is 3.76. The zero-order valence-electron chi connectivity index (χ0n) is 15.5. The average Bonchev–Trinajstić information content (AvgIpc) is 3.07. The fourth-order valence-electron chi connectivity index (χ4n) is 2.40. The number of hydrogen-bond acceptors (Lipinski definition) is 5. The van der Waals surface area contributed by atoms with E-state index in [2.05, 4.69) is 15.8 Å². The van der Waals surface area contributed by atoms with Crippen LogP contribution in [0.4, 0.5) is 11.5 Å². The van der Waals surface area contributed by atoms with Crippen molar-refractivity contribution in [3.8, 4) is 0 Å². The maximum atomic E-state index is 12.4. The third kappa shape index (κ3) is 5.76. The predicted molar refractivity (Wildman–Crippen MR) is 116 cm³/mol. The van der Waals surface area contributed by atoms with Crippen LogP contribution >= 0.6 is 35.0 Å². The molecule has 2 amide bonds. The molecule has 3 aromatic rings. The monoisotopic (exact) mass is 449 g/mol. The Kier molecular flexibility index (Phi) is 6.84. The SMILES string of the molecule is Cc1cc(NC(=O)C(C)Sc2ccc(NC(=O)c3ccc(Cl)cc3Cl)cc2)no1. The Hall–Kier alpha value is -2.48. The van der Waals surface area contributed by atoms with Crippen LogP contribution in [0.3, 0.4) is 0 Å². The van der Waals surface area contributed by atoms with Gasteiger partial charge in [0.15, 0.2) is 5.82 Å². The first-order chi connectivity index (χ1) is 13.8. The highest BCUT2D eigenvalue weighted by Gasteiger charge is 2.16. The Morgan fingerprint density at radius 1 is 1.07 bits per heavy atom. The molecule has 0 fully saturated rings. The summed E-state index contributed by atoms with van der Waals surface area (Å²) in [6.45, 7) is 3.55. The van der Waals surface area contributed by atoms with Crippen LogP contribution in [0, 0.1) is 6.92 Å². The molecule has 0 bridgehead atoms. The van der Waals surface area contributed by atoms with Gasteiger partial charge < -0.3 is 15.2 Å². The molecule has 1 unspecified atom stereocenters. The standard InChI is InChI=1S/C20H17Cl2N3O3S/c1-11-9-18(25-28-11)24-19(26)12(2)29-15-6-4-14(5-7-15)23-20(27)16-8-3-13(21)10-17(16)22/h3-10,12H,1-2H3,(H,23,27)(H,24,25,26).